The zero-order chi connectivity index (χ0) is 44.8. The summed E-state index contributed by atoms with van der Waals surface area (Å²) < 4.78 is 0. The Labute approximate surface area is 367 Å². The first-order valence-electron chi connectivity index (χ1n) is 19.0. The number of nitrogens with one attached hydrogen (secondary N) is 3. The smallest absolute Gasteiger partial charge is 0.271 e. The summed E-state index contributed by atoms with van der Waals surface area (Å²) >= 11 is 19.6. The molecule has 0 aliphatic carbocycles. The van der Waals surface area contributed by atoms with Gasteiger partial charge in [0.15, 0.2) is 0 Å². The highest BCUT2D eigenvalue weighted by atomic mass is 35.5. The van der Waals surface area contributed by atoms with E-state index in [1.807, 2.05) is 30.5 Å². The number of rotatable bonds is 18. The van der Waals surface area contributed by atoms with E-state index in [9.17, 15) is 44.7 Å². The Morgan fingerprint density at radius 1 is 0.617 bits per heavy atom. The number of hydrogen-bond donors (Lipinski definition) is 3. The summed E-state index contributed by atoms with van der Waals surface area (Å²) in [7, 11) is 0. The van der Waals surface area contributed by atoms with E-state index in [-0.39, 0.29) is 62.9 Å². The van der Waals surface area contributed by atoms with Crippen LogP contribution in [-0.4, -0.2) is 118 Å². The summed E-state index contributed by atoms with van der Waals surface area (Å²) in [5.74, 6) is 1.54. The highest BCUT2D eigenvalue weighted by Gasteiger charge is 2.17. The van der Waals surface area contributed by atoms with Crippen LogP contribution in [0, 0.1) is 30.3 Å². The number of amides is 3. The van der Waals surface area contributed by atoms with Crippen LogP contribution in [0.2, 0.25) is 15.1 Å². The molecule has 4 rings (SSSR count). The van der Waals surface area contributed by atoms with E-state index in [1.165, 1.54) is 54.6 Å². The molecule has 18 nitrogen and oxygen atoms in total. The number of likely N-dealkylation sites (N-methyl/N-ethyl adjacent to an activating group) is 1. The lowest BCUT2D eigenvalue weighted by molar-refractivity contribution is -0.385. The van der Waals surface area contributed by atoms with E-state index in [0.29, 0.717) is 23.6 Å². The minimum Gasteiger partial charge on any atom is -0.324 e. The Morgan fingerprint density at radius 2 is 0.967 bits per heavy atom. The quantitative estimate of drug-likeness (QED) is 0.0811. The van der Waals surface area contributed by atoms with Crippen LogP contribution in [0.3, 0.4) is 0 Å². The van der Waals surface area contributed by atoms with Crippen molar-refractivity contribution in [1.82, 2.24) is 14.7 Å². The fourth-order valence-electron chi connectivity index (χ4n) is 5.44. The number of carbonyl (C=O) groups excluding carboxylic acids is 3. The molecule has 1 fully saturated rings. The zero-order valence-corrected chi connectivity index (χ0v) is 36.9. The van der Waals surface area contributed by atoms with E-state index >= 15 is 0 Å². The Bertz CT molecular complexity index is 1930. The van der Waals surface area contributed by atoms with Gasteiger partial charge in [0, 0.05) is 61.0 Å². The predicted octanol–water partition coefficient (Wildman–Crippen LogP) is 8.07. The van der Waals surface area contributed by atoms with Crippen molar-refractivity contribution in [3.05, 3.63) is 100 Å². The summed E-state index contributed by atoms with van der Waals surface area (Å²) in [4.78, 5) is 72.0. The van der Waals surface area contributed by atoms with Crippen LogP contribution in [-0.2, 0) is 14.4 Å². The van der Waals surface area contributed by atoms with Crippen molar-refractivity contribution in [2.75, 3.05) is 86.4 Å². The highest BCUT2D eigenvalue weighted by molar-refractivity contribution is 7.99. The molecular weight excluding hydrogens is 865 g/mol. The number of hydrogen-bond acceptors (Lipinski definition) is 13. The molecule has 0 unspecified atom stereocenters. The second-order valence-corrected chi connectivity index (χ2v) is 15.5. The number of halogens is 3. The molecule has 0 spiro atoms. The molecule has 1 aliphatic heterocycles. The second kappa shape index (κ2) is 27.3. The fourth-order valence-corrected chi connectivity index (χ4v) is 7.09. The average molecular weight is 915 g/mol. The molecule has 60 heavy (non-hydrogen) atoms. The van der Waals surface area contributed by atoms with Crippen molar-refractivity contribution < 1.29 is 29.2 Å². The van der Waals surface area contributed by atoms with Gasteiger partial charge in [0.2, 0.25) is 17.7 Å². The number of thioether (sulfide) groups is 1. The van der Waals surface area contributed by atoms with Crippen LogP contribution in [0.25, 0.3) is 0 Å². The molecule has 0 saturated carbocycles. The van der Waals surface area contributed by atoms with Crippen LogP contribution in [0.15, 0.2) is 54.6 Å². The van der Waals surface area contributed by atoms with E-state index < -0.39 is 14.8 Å². The van der Waals surface area contributed by atoms with Crippen LogP contribution in [0.1, 0.15) is 40.5 Å². The van der Waals surface area contributed by atoms with Crippen molar-refractivity contribution in [2.24, 2.45) is 0 Å². The second-order valence-electron chi connectivity index (χ2n) is 13.0. The summed E-state index contributed by atoms with van der Waals surface area (Å²) in [6.07, 6.45) is 1.96. The van der Waals surface area contributed by atoms with E-state index in [2.05, 4.69) is 39.6 Å². The Kier molecular flexibility index (Phi) is 23.4. The first-order valence-corrected chi connectivity index (χ1v) is 21.3. The van der Waals surface area contributed by atoms with Gasteiger partial charge in [0.25, 0.3) is 17.1 Å². The highest BCUT2D eigenvalue weighted by Crippen LogP contribution is 2.28. The maximum atomic E-state index is 12.0. The molecule has 3 aromatic carbocycles. The molecule has 0 radical (unpaired) electrons. The molecule has 22 heteroatoms. The molecule has 3 aromatic rings. The normalized spacial score (nSPS) is 12.3. The van der Waals surface area contributed by atoms with Gasteiger partial charge in [0.05, 0.1) is 66.5 Å². The van der Waals surface area contributed by atoms with Gasteiger partial charge >= 0.3 is 0 Å². The van der Waals surface area contributed by atoms with Gasteiger partial charge < -0.3 is 16.0 Å². The lowest BCUT2D eigenvalue weighted by Crippen LogP contribution is -2.38. The molecule has 1 heterocycles. The number of nitrogens with zero attached hydrogens (tertiary/aromatic N) is 6. The summed E-state index contributed by atoms with van der Waals surface area (Å²) in [5.41, 5.74) is 0.864. The van der Waals surface area contributed by atoms with Gasteiger partial charge in [-0.15, -0.1) is 0 Å². The minimum absolute atomic E-state index is 0.0962. The molecule has 0 bridgehead atoms. The van der Waals surface area contributed by atoms with Crippen molar-refractivity contribution >= 4 is 98.4 Å². The van der Waals surface area contributed by atoms with Gasteiger partial charge in [-0.25, -0.2) is 0 Å². The molecule has 1 aliphatic rings. The van der Waals surface area contributed by atoms with Gasteiger partial charge in [-0.3, -0.25) is 59.4 Å². The summed E-state index contributed by atoms with van der Waals surface area (Å²) in [5, 5.41) is 40.3. The predicted molar refractivity (Wildman–Crippen MR) is 239 cm³/mol. The van der Waals surface area contributed by atoms with Crippen LogP contribution in [0.5, 0.6) is 0 Å². The van der Waals surface area contributed by atoms with Gasteiger partial charge in [-0.1, -0.05) is 62.5 Å². The lowest BCUT2D eigenvalue weighted by atomic mass is 10.2. The molecular formula is C38H50Cl3N9O9S. The van der Waals surface area contributed by atoms with E-state index in [1.54, 1.807) is 0 Å². The maximum absolute atomic E-state index is 12.0. The average Bonchev–Trinajstić information content (AvgIpc) is 3.20. The lowest BCUT2D eigenvalue weighted by Gasteiger charge is -2.25. The Hall–Kier alpha value is -4.63. The first-order chi connectivity index (χ1) is 28.5. The van der Waals surface area contributed by atoms with Crippen molar-refractivity contribution in [3.8, 4) is 0 Å². The SMILES string of the molecule is CCCN(CCC)CC(=O)Nc1ccc([N+](=O)[O-])cc1Cl.CCN(CC)CC(=O)Nc1ccc([N+](=O)[O-])cc1Cl.O=C(CN1CCSCC1)Nc1ccc([N+](=O)[O-])cc1Cl. The van der Waals surface area contributed by atoms with Crippen molar-refractivity contribution in [1.29, 1.82) is 0 Å². The van der Waals surface area contributed by atoms with Crippen molar-refractivity contribution in [3.63, 3.8) is 0 Å². The first kappa shape index (κ1) is 51.5. The summed E-state index contributed by atoms with van der Waals surface area (Å²) in [6, 6.07) is 11.9. The third-order valence-electron chi connectivity index (χ3n) is 8.49. The topological polar surface area (TPSA) is 226 Å². The van der Waals surface area contributed by atoms with Crippen LogP contribution >= 0.6 is 46.6 Å². The van der Waals surface area contributed by atoms with Crippen LogP contribution in [0.4, 0.5) is 34.1 Å². The minimum atomic E-state index is -0.534. The van der Waals surface area contributed by atoms with Gasteiger partial charge in [0.1, 0.15) is 0 Å². The van der Waals surface area contributed by atoms with Gasteiger partial charge in [-0.2, -0.15) is 11.8 Å². The maximum Gasteiger partial charge on any atom is 0.271 e. The van der Waals surface area contributed by atoms with Crippen LogP contribution < -0.4 is 16.0 Å². The molecule has 1 saturated heterocycles. The molecule has 0 aromatic heterocycles. The van der Waals surface area contributed by atoms with Crippen molar-refractivity contribution in [2.45, 2.75) is 40.5 Å². The third kappa shape index (κ3) is 18.7. The third-order valence-corrected chi connectivity index (χ3v) is 10.4. The number of non-ortho nitro benzene ring substituents is 3. The van der Waals surface area contributed by atoms with E-state index in [4.69, 9.17) is 34.8 Å². The largest absolute Gasteiger partial charge is 0.324 e. The summed E-state index contributed by atoms with van der Waals surface area (Å²) in [6.45, 7) is 14.0. The number of anilines is 3. The monoisotopic (exact) mass is 913 g/mol. The van der Waals surface area contributed by atoms with E-state index in [0.717, 1.165) is 63.6 Å². The molecule has 3 N–H and O–H groups in total. The molecule has 3 amide bonds. The van der Waals surface area contributed by atoms with Gasteiger partial charge in [-0.05, 0) is 57.2 Å². The standard InChI is InChI=1S/C14H20ClN3O3.C12H14ClN3O3S.C12H16ClN3O3/c1-3-7-17(8-4-2)10-14(19)16-13-6-5-11(18(20)21)9-12(13)15;13-10-7-9(16(18)19)1-2-11(10)14-12(17)8-15-3-5-20-6-4-15;1-3-15(4-2)8-12(17)14-11-6-5-9(16(18)19)7-10(11)13/h5-6,9H,3-4,7-8,10H2,1-2H3,(H,16,19);1-2,7H,3-6,8H2,(H,14,17);5-7H,3-4,8H2,1-2H3,(H,14,17). The number of nitro groups is 3. The molecule has 328 valence electrons. The number of nitro benzene ring substituents is 3. The Balaban J connectivity index is 0.000000310. The number of benzene rings is 3. The number of carbonyl (C=O) groups is 3. The fraction of sp³-hybridized carbons (Fsp3) is 0.447. The zero-order valence-electron chi connectivity index (χ0n) is 33.8. The Morgan fingerprint density at radius 3 is 1.28 bits per heavy atom. The molecule has 0 atom stereocenters.